The number of halogens is 4. The van der Waals surface area contributed by atoms with Crippen LogP contribution in [0.1, 0.15) is 26.3 Å². The van der Waals surface area contributed by atoms with Crippen LogP contribution >= 0.6 is 11.6 Å². The molecule has 11 heteroatoms. The first-order valence-electron chi connectivity index (χ1n) is 9.06. The van der Waals surface area contributed by atoms with E-state index < -0.39 is 35.5 Å². The van der Waals surface area contributed by atoms with Gasteiger partial charge < -0.3 is 4.74 Å². The lowest BCUT2D eigenvalue weighted by atomic mass is 10.2. The van der Waals surface area contributed by atoms with Gasteiger partial charge in [0, 0.05) is 18.0 Å². The number of carbonyl (C=O) groups excluding carboxylic acids is 1. The monoisotopic (exact) mass is 454 g/mol. The van der Waals surface area contributed by atoms with Crippen LogP contribution < -0.4 is 5.69 Å². The second kappa shape index (κ2) is 8.18. The van der Waals surface area contributed by atoms with E-state index in [1.165, 1.54) is 18.5 Å². The molecule has 0 amide bonds. The minimum atomic E-state index is -4.53. The van der Waals surface area contributed by atoms with Crippen LogP contribution in [-0.4, -0.2) is 30.9 Å². The topological polar surface area (TPSA) is 79.0 Å². The molecule has 0 N–H and O–H groups in total. The number of benzene rings is 1. The van der Waals surface area contributed by atoms with Gasteiger partial charge in [-0.1, -0.05) is 11.6 Å². The molecule has 0 atom stereocenters. The number of esters is 1. The van der Waals surface area contributed by atoms with Crippen molar-refractivity contribution in [3.8, 4) is 17.1 Å². The highest BCUT2D eigenvalue weighted by atomic mass is 35.5. The van der Waals surface area contributed by atoms with E-state index in [1.54, 1.807) is 20.8 Å². The molecule has 0 aliphatic carbocycles. The molecule has 7 nitrogen and oxygen atoms in total. The van der Waals surface area contributed by atoms with E-state index in [0.29, 0.717) is 5.56 Å². The summed E-state index contributed by atoms with van der Waals surface area (Å²) in [4.78, 5) is 29.1. The van der Waals surface area contributed by atoms with E-state index in [1.807, 2.05) is 0 Å². The predicted octanol–water partition coefficient (Wildman–Crippen LogP) is 4.11. The number of aromatic nitrogens is 4. The van der Waals surface area contributed by atoms with Gasteiger partial charge in [-0.3, -0.25) is 9.78 Å². The number of hydrogen-bond acceptors (Lipinski definition) is 5. The molecule has 0 fully saturated rings. The van der Waals surface area contributed by atoms with Gasteiger partial charge in [0.05, 0.1) is 16.3 Å². The Balaban J connectivity index is 2.13. The third-order valence-corrected chi connectivity index (χ3v) is 4.31. The number of alkyl halides is 3. The molecule has 1 aromatic carbocycles. The van der Waals surface area contributed by atoms with Gasteiger partial charge in [-0.05, 0) is 51.1 Å². The van der Waals surface area contributed by atoms with Gasteiger partial charge in [-0.15, -0.1) is 5.10 Å². The number of hydrogen-bond donors (Lipinski definition) is 0. The van der Waals surface area contributed by atoms with Crippen molar-refractivity contribution in [2.24, 2.45) is 0 Å². The molecule has 164 valence electrons. The molecule has 2 heterocycles. The molecular formula is C20H18ClF3N4O3. The van der Waals surface area contributed by atoms with Gasteiger partial charge in [-0.2, -0.15) is 13.2 Å². The molecule has 0 saturated carbocycles. The zero-order chi connectivity index (χ0) is 23.0. The van der Waals surface area contributed by atoms with Crippen molar-refractivity contribution in [2.75, 3.05) is 0 Å². The van der Waals surface area contributed by atoms with Crippen LogP contribution in [0.4, 0.5) is 13.2 Å². The fourth-order valence-electron chi connectivity index (χ4n) is 2.77. The minimum Gasteiger partial charge on any atom is -0.459 e. The zero-order valence-corrected chi connectivity index (χ0v) is 17.5. The van der Waals surface area contributed by atoms with Crippen LogP contribution in [0.2, 0.25) is 5.02 Å². The lowest BCUT2D eigenvalue weighted by Gasteiger charge is -2.19. The van der Waals surface area contributed by atoms with Crippen LogP contribution in [-0.2, 0) is 22.3 Å². The Morgan fingerprint density at radius 2 is 1.77 bits per heavy atom. The van der Waals surface area contributed by atoms with E-state index in [0.717, 1.165) is 33.5 Å². The number of carbonyl (C=O) groups is 1. The van der Waals surface area contributed by atoms with Crippen LogP contribution in [0.25, 0.3) is 17.1 Å². The number of nitrogens with zero attached hydrogens (tertiary/aromatic N) is 4. The lowest BCUT2D eigenvalue weighted by molar-refractivity contribution is -0.155. The molecule has 0 bridgehead atoms. The zero-order valence-electron chi connectivity index (χ0n) is 16.8. The fraction of sp³-hybridized carbons (Fsp3) is 0.300. The molecule has 3 aromatic rings. The van der Waals surface area contributed by atoms with E-state index >= 15 is 0 Å². The predicted molar refractivity (Wildman–Crippen MR) is 107 cm³/mol. The maximum atomic E-state index is 13.0. The SMILES string of the molecule is CC(C)(C)OC(=O)Cn1nc(-c2ccncc2Cl)n(-c2ccc(C(F)(F)F)cc2)c1=O. The molecular weight excluding hydrogens is 437 g/mol. The minimum absolute atomic E-state index is 0.0423. The Morgan fingerprint density at radius 3 is 2.32 bits per heavy atom. The molecule has 31 heavy (non-hydrogen) atoms. The summed E-state index contributed by atoms with van der Waals surface area (Å²) < 4.78 is 45.9. The summed E-state index contributed by atoms with van der Waals surface area (Å²) >= 11 is 6.19. The highest BCUT2D eigenvalue weighted by Crippen LogP contribution is 2.31. The molecule has 3 rings (SSSR count). The quantitative estimate of drug-likeness (QED) is 0.554. The first kappa shape index (κ1) is 22.5. The lowest BCUT2D eigenvalue weighted by Crippen LogP contribution is -2.31. The normalized spacial score (nSPS) is 12.1. The largest absolute Gasteiger partial charge is 0.459 e. The fourth-order valence-corrected chi connectivity index (χ4v) is 2.97. The Bertz CT molecular complexity index is 1160. The summed E-state index contributed by atoms with van der Waals surface area (Å²) in [5.41, 5.74) is -1.94. The van der Waals surface area contributed by atoms with Crippen LogP contribution in [0, 0.1) is 0 Å². The maximum absolute atomic E-state index is 13.0. The smallest absolute Gasteiger partial charge is 0.416 e. The van der Waals surface area contributed by atoms with Crippen molar-refractivity contribution in [2.45, 2.75) is 39.1 Å². The molecule has 2 aromatic heterocycles. The highest BCUT2D eigenvalue weighted by molar-refractivity contribution is 6.33. The van der Waals surface area contributed by atoms with Crippen molar-refractivity contribution in [1.29, 1.82) is 0 Å². The van der Waals surface area contributed by atoms with Crippen molar-refractivity contribution >= 4 is 17.6 Å². The van der Waals surface area contributed by atoms with E-state index in [9.17, 15) is 22.8 Å². The van der Waals surface area contributed by atoms with Crippen LogP contribution in [0.15, 0.2) is 47.5 Å². The number of pyridine rings is 1. The Hall–Kier alpha value is -3.14. The van der Waals surface area contributed by atoms with Gasteiger partial charge in [0.1, 0.15) is 12.1 Å². The maximum Gasteiger partial charge on any atom is 0.416 e. The van der Waals surface area contributed by atoms with Crippen molar-refractivity contribution in [3.63, 3.8) is 0 Å². The van der Waals surface area contributed by atoms with E-state index in [2.05, 4.69) is 10.1 Å². The first-order valence-corrected chi connectivity index (χ1v) is 9.44. The summed E-state index contributed by atoms with van der Waals surface area (Å²) in [6.07, 6.45) is -1.76. The third-order valence-electron chi connectivity index (χ3n) is 4.00. The van der Waals surface area contributed by atoms with Gasteiger partial charge in [0.25, 0.3) is 0 Å². The number of rotatable bonds is 4. The summed E-state index contributed by atoms with van der Waals surface area (Å²) in [6, 6.07) is 5.49. The van der Waals surface area contributed by atoms with Crippen molar-refractivity contribution < 1.29 is 22.7 Å². The highest BCUT2D eigenvalue weighted by Gasteiger charge is 2.30. The van der Waals surface area contributed by atoms with Gasteiger partial charge >= 0.3 is 17.8 Å². The van der Waals surface area contributed by atoms with Gasteiger partial charge in [0.2, 0.25) is 0 Å². The Kier molecular flexibility index (Phi) is 5.95. The Morgan fingerprint density at radius 1 is 1.13 bits per heavy atom. The third kappa shape index (κ3) is 5.13. The van der Waals surface area contributed by atoms with Crippen LogP contribution in [0.3, 0.4) is 0 Å². The van der Waals surface area contributed by atoms with Crippen molar-refractivity contribution in [3.05, 3.63) is 63.8 Å². The molecule has 0 saturated heterocycles. The second-order valence-electron chi connectivity index (χ2n) is 7.59. The molecule has 0 unspecified atom stereocenters. The Labute approximate surface area is 180 Å². The summed E-state index contributed by atoms with van der Waals surface area (Å²) in [6.45, 7) is 4.55. The van der Waals surface area contributed by atoms with Gasteiger partial charge in [0.15, 0.2) is 5.82 Å². The van der Waals surface area contributed by atoms with Gasteiger partial charge in [-0.25, -0.2) is 14.0 Å². The molecule has 0 spiro atoms. The summed E-state index contributed by atoms with van der Waals surface area (Å²) in [5, 5.41) is 4.36. The molecule has 0 radical (unpaired) electrons. The van der Waals surface area contributed by atoms with E-state index in [-0.39, 0.29) is 16.5 Å². The first-order chi connectivity index (χ1) is 14.4. The summed E-state index contributed by atoms with van der Waals surface area (Å²) in [7, 11) is 0. The standard InChI is InChI=1S/C20H18ClF3N4O3/c1-19(2,3)31-16(29)11-27-18(30)28(13-6-4-12(5-7-13)20(22,23)24)17(26-27)14-8-9-25-10-15(14)21/h4-10H,11H2,1-3H3. The van der Waals surface area contributed by atoms with E-state index in [4.69, 9.17) is 16.3 Å². The second-order valence-corrected chi connectivity index (χ2v) is 7.99. The molecule has 0 aliphatic rings. The average molecular weight is 455 g/mol. The average Bonchev–Trinajstić information content (AvgIpc) is 2.96. The van der Waals surface area contributed by atoms with Crippen molar-refractivity contribution in [1.82, 2.24) is 19.3 Å². The summed E-state index contributed by atoms with van der Waals surface area (Å²) in [5.74, 6) is -0.653. The number of ether oxygens (including phenoxy) is 1. The molecule has 0 aliphatic heterocycles. The van der Waals surface area contributed by atoms with Crippen LogP contribution in [0.5, 0.6) is 0 Å².